The van der Waals surface area contributed by atoms with Crippen molar-refractivity contribution in [3.63, 3.8) is 0 Å². The van der Waals surface area contributed by atoms with Gasteiger partial charge in [0.25, 0.3) is 11.5 Å². The first kappa shape index (κ1) is 25.1. The molecule has 1 aromatic carbocycles. The minimum absolute atomic E-state index is 0.00739. The van der Waals surface area contributed by atoms with E-state index in [0.29, 0.717) is 44.0 Å². The highest BCUT2D eigenvalue weighted by atomic mass is 16.5. The van der Waals surface area contributed by atoms with Gasteiger partial charge in [-0.1, -0.05) is 6.07 Å². The van der Waals surface area contributed by atoms with E-state index in [1.807, 2.05) is 19.1 Å². The Balaban J connectivity index is 1.15. The lowest BCUT2D eigenvalue weighted by molar-refractivity contribution is -0.121. The molecule has 0 atom stereocenters. The lowest BCUT2D eigenvalue weighted by Crippen LogP contribution is -2.47. The Labute approximate surface area is 222 Å². The van der Waals surface area contributed by atoms with Crippen molar-refractivity contribution in [2.45, 2.75) is 50.9 Å². The number of hydrogen-bond acceptors (Lipinski definition) is 7. The zero-order valence-electron chi connectivity index (χ0n) is 22.0. The fourth-order valence-electron chi connectivity index (χ4n) is 6.46. The molecule has 0 saturated carbocycles. The number of aryl methyl sites for hydroxylation is 1. The van der Waals surface area contributed by atoms with Crippen LogP contribution in [0.4, 0.5) is 11.6 Å². The number of piperidine rings is 1. The fraction of sp³-hybridized carbons (Fsp3) is 0.571. The van der Waals surface area contributed by atoms with Crippen molar-refractivity contribution < 1.29 is 14.3 Å². The smallest absolute Gasteiger partial charge is 0.255 e. The van der Waals surface area contributed by atoms with Crippen LogP contribution in [0.5, 0.6) is 0 Å². The number of aromatic amines is 1. The Bertz CT molecular complexity index is 1310. The molecule has 2 fully saturated rings. The molecule has 0 bridgehead atoms. The number of carbonyl (C=O) groups is 2. The average molecular weight is 521 g/mol. The van der Waals surface area contributed by atoms with Gasteiger partial charge >= 0.3 is 0 Å². The third-order valence-electron chi connectivity index (χ3n) is 8.81. The summed E-state index contributed by atoms with van der Waals surface area (Å²) in [5, 5.41) is 6.13. The number of amides is 2. The summed E-state index contributed by atoms with van der Waals surface area (Å²) in [4.78, 5) is 51.1. The zero-order chi connectivity index (χ0) is 26.3. The van der Waals surface area contributed by atoms with Crippen LogP contribution in [0.3, 0.4) is 0 Å². The number of morpholine rings is 1. The van der Waals surface area contributed by atoms with Gasteiger partial charge in [0.05, 0.1) is 24.3 Å². The molecule has 202 valence electrons. The molecule has 6 rings (SSSR count). The Morgan fingerprint density at radius 1 is 1.11 bits per heavy atom. The summed E-state index contributed by atoms with van der Waals surface area (Å²) in [6, 6.07) is 3.81. The third-order valence-corrected chi connectivity index (χ3v) is 8.81. The molecule has 4 heterocycles. The molecule has 3 N–H and O–H groups in total. The maximum absolute atomic E-state index is 13.4. The highest BCUT2D eigenvalue weighted by molar-refractivity contribution is 6.09. The number of fused-ring (bicyclic) bond motifs is 3. The first-order valence-electron chi connectivity index (χ1n) is 13.9. The van der Waals surface area contributed by atoms with Crippen molar-refractivity contribution in [1.29, 1.82) is 0 Å². The summed E-state index contributed by atoms with van der Waals surface area (Å²) in [7, 11) is 0. The Morgan fingerprint density at radius 3 is 2.66 bits per heavy atom. The number of ether oxygens (including phenoxy) is 1. The van der Waals surface area contributed by atoms with Crippen molar-refractivity contribution in [1.82, 2.24) is 20.2 Å². The van der Waals surface area contributed by atoms with E-state index in [1.165, 1.54) is 0 Å². The molecule has 3 aliphatic heterocycles. The van der Waals surface area contributed by atoms with E-state index in [0.717, 1.165) is 86.6 Å². The number of nitrogens with zero attached hydrogens (tertiary/aromatic N) is 3. The van der Waals surface area contributed by atoms with Gasteiger partial charge in [-0.3, -0.25) is 24.3 Å². The zero-order valence-corrected chi connectivity index (χ0v) is 22.0. The summed E-state index contributed by atoms with van der Waals surface area (Å²) in [5.74, 6) is 0.488. The van der Waals surface area contributed by atoms with Crippen LogP contribution in [-0.2, 0) is 27.8 Å². The van der Waals surface area contributed by atoms with Crippen molar-refractivity contribution in [2.24, 2.45) is 0 Å². The Morgan fingerprint density at radius 2 is 1.87 bits per heavy atom. The number of carbonyl (C=O) groups excluding carboxylic acids is 2. The van der Waals surface area contributed by atoms with Crippen molar-refractivity contribution in [3.8, 4) is 0 Å². The van der Waals surface area contributed by atoms with Crippen LogP contribution < -0.4 is 21.1 Å². The minimum Gasteiger partial charge on any atom is -0.379 e. The number of nitrogens with one attached hydrogen (secondary N) is 3. The van der Waals surface area contributed by atoms with E-state index in [9.17, 15) is 14.4 Å². The molecule has 4 aliphatic rings. The van der Waals surface area contributed by atoms with Gasteiger partial charge in [-0.2, -0.15) is 0 Å². The molecular formula is C28H36N6O4. The second-order valence-electron chi connectivity index (χ2n) is 10.9. The van der Waals surface area contributed by atoms with Crippen LogP contribution in [-0.4, -0.2) is 79.2 Å². The first-order valence-corrected chi connectivity index (χ1v) is 13.9. The van der Waals surface area contributed by atoms with Crippen LogP contribution in [0.1, 0.15) is 58.4 Å². The molecule has 2 saturated heterocycles. The molecule has 10 nitrogen and oxygen atoms in total. The maximum Gasteiger partial charge on any atom is 0.255 e. The van der Waals surface area contributed by atoms with Gasteiger partial charge in [-0.15, -0.1) is 0 Å². The van der Waals surface area contributed by atoms with E-state index >= 15 is 0 Å². The molecule has 1 aromatic heterocycles. The molecule has 0 radical (unpaired) electrons. The van der Waals surface area contributed by atoms with Crippen molar-refractivity contribution in [3.05, 3.63) is 50.4 Å². The molecule has 2 aromatic rings. The van der Waals surface area contributed by atoms with Crippen LogP contribution in [0.2, 0.25) is 0 Å². The minimum atomic E-state index is -0.629. The molecule has 2 amide bonds. The number of anilines is 2. The molecule has 38 heavy (non-hydrogen) atoms. The Kier molecular flexibility index (Phi) is 6.69. The van der Waals surface area contributed by atoms with Crippen LogP contribution in [0.15, 0.2) is 16.9 Å². The lowest BCUT2D eigenvalue weighted by Gasteiger charge is -2.38. The largest absolute Gasteiger partial charge is 0.379 e. The first-order chi connectivity index (χ1) is 18.5. The number of hydrogen-bond donors (Lipinski definition) is 3. The monoisotopic (exact) mass is 520 g/mol. The number of aromatic nitrogens is 2. The SMILES string of the molecule is Cc1c(C(=O)NCCN2CCOCC2)ccc2c1NC(=O)C21CCN(c2nc3c(c(=O)[nH]2)CCCC3)CC1. The molecular weight excluding hydrogens is 484 g/mol. The summed E-state index contributed by atoms with van der Waals surface area (Å²) < 4.78 is 5.38. The number of benzene rings is 1. The van der Waals surface area contributed by atoms with E-state index in [2.05, 4.69) is 25.4 Å². The summed E-state index contributed by atoms with van der Waals surface area (Å²) in [5.41, 5.74) is 4.23. The second kappa shape index (κ2) is 10.1. The number of rotatable bonds is 5. The van der Waals surface area contributed by atoms with Gasteiger partial charge in [-0.05, 0) is 62.6 Å². The molecule has 10 heteroatoms. The van der Waals surface area contributed by atoms with Crippen molar-refractivity contribution in [2.75, 3.05) is 62.7 Å². The maximum atomic E-state index is 13.4. The van der Waals surface area contributed by atoms with Gasteiger partial charge in [0, 0.05) is 56.1 Å². The standard InChI is InChI=1S/C28H36N6O4/c1-18-19(24(35)29-10-13-33-14-16-38-17-15-33)6-7-21-23(18)31-26(37)28(21)8-11-34(12-9-28)27-30-22-5-3-2-4-20(22)25(36)32-27/h6-7H,2-5,8-17H2,1H3,(H,29,35)(H,31,37)(H,30,32,36). The van der Waals surface area contributed by atoms with Crippen LogP contribution >= 0.6 is 0 Å². The second-order valence-corrected chi connectivity index (χ2v) is 10.9. The van der Waals surface area contributed by atoms with Gasteiger partial charge in [0.2, 0.25) is 11.9 Å². The quantitative estimate of drug-likeness (QED) is 0.547. The normalized spacial score (nSPS) is 20.7. The summed E-state index contributed by atoms with van der Waals surface area (Å²) in [6.45, 7) is 7.76. The number of H-pyrrole nitrogens is 1. The highest BCUT2D eigenvalue weighted by Crippen LogP contribution is 2.47. The van der Waals surface area contributed by atoms with Gasteiger partial charge < -0.3 is 20.3 Å². The van der Waals surface area contributed by atoms with Gasteiger partial charge in [0.15, 0.2) is 0 Å². The van der Waals surface area contributed by atoms with Crippen LogP contribution in [0, 0.1) is 6.92 Å². The molecule has 0 unspecified atom stereocenters. The van der Waals surface area contributed by atoms with Crippen LogP contribution in [0.25, 0.3) is 0 Å². The fourth-order valence-corrected chi connectivity index (χ4v) is 6.46. The molecule has 1 aliphatic carbocycles. The molecule has 1 spiro atoms. The Hall–Kier alpha value is -3.24. The van der Waals surface area contributed by atoms with Gasteiger partial charge in [0.1, 0.15) is 0 Å². The van der Waals surface area contributed by atoms with E-state index in [4.69, 9.17) is 9.72 Å². The third kappa shape index (κ3) is 4.39. The van der Waals surface area contributed by atoms with E-state index < -0.39 is 5.41 Å². The van der Waals surface area contributed by atoms with Gasteiger partial charge in [-0.25, -0.2) is 4.98 Å². The predicted molar refractivity (Wildman–Crippen MR) is 144 cm³/mol. The summed E-state index contributed by atoms with van der Waals surface area (Å²) in [6.07, 6.45) is 4.99. The summed E-state index contributed by atoms with van der Waals surface area (Å²) >= 11 is 0. The van der Waals surface area contributed by atoms with E-state index in [1.54, 1.807) is 0 Å². The van der Waals surface area contributed by atoms with Crippen molar-refractivity contribution >= 4 is 23.5 Å². The van der Waals surface area contributed by atoms with E-state index in [-0.39, 0.29) is 17.4 Å². The highest BCUT2D eigenvalue weighted by Gasteiger charge is 2.49. The topological polar surface area (TPSA) is 120 Å². The average Bonchev–Trinajstić information content (AvgIpc) is 3.21. The lowest BCUT2D eigenvalue weighted by atomic mass is 9.73. The predicted octanol–water partition coefficient (Wildman–Crippen LogP) is 1.51.